The van der Waals surface area contributed by atoms with E-state index in [2.05, 4.69) is 43.1 Å². The topological polar surface area (TPSA) is 28.2 Å². The van der Waals surface area contributed by atoms with Gasteiger partial charge in [0.25, 0.3) is 0 Å². The highest BCUT2D eigenvalue weighted by Crippen LogP contribution is 2.07. The number of nitrogens with one attached hydrogen (secondary N) is 1. The summed E-state index contributed by atoms with van der Waals surface area (Å²) < 4.78 is 0. The summed E-state index contributed by atoms with van der Waals surface area (Å²) in [6, 6.07) is 0.588. The lowest BCUT2D eigenvalue weighted by Gasteiger charge is -2.28. The highest BCUT2D eigenvalue weighted by atomic mass is 32.1. The molecule has 1 atom stereocenters. The number of likely N-dealkylation sites (N-methyl/N-ethyl adjacent to an activating group) is 1. The third kappa shape index (κ3) is 4.28. The van der Waals surface area contributed by atoms with Crippen molar-refractivity contribution in [3.63, 3.8) is 0 Å². The standard InChI is InChI=1S/C11H21N3S/c1-9(2)10(14(3)4)7-12-8-11-13-5-6-15-11/h5-6,9-10,12H,7-8H2,1-4H3. The Morgan fingerprint density at radius 1 is 1.47 bits per heavy atom. The van der Waals surface area contributed by atoms with E-state index in [-0.39, 0.29) is 0 Å². The predicted octanol–water partition coefficient (Wildman–Crippen LogP) is 1.82. The Morgan fingerprint density at radius 2 is 2.20 bits per heavy atom. The summed E-state index contributed by atoms with van der Waals surface area (Å²) in [7, 11) is 4.27. The molecule has 1 unspecified atom stereocenters. The smallest absolute Gasteiger partial charge is 0.106 e. The van der Waals surface area contributed by atoms with Crippen molar-refractivity contribution in [3.8, 4) is 0 Å². The van der Waals surface area contributed by atoms with Crippen molar-refractivity contribution < 1.29 is 0 Å². The molecular weight excluding hydrogens is 206 g/mol. The fourth-order valence-electron chi connectivity index (χ4n) is 1.68. The third-order valence-electron chi connectivity index (χ3n) is 2.55. The second-order valence-electron chi connectivity index (χ2n) is 4.33. The van der Waals surface area contributed by atoms with Crippen LogP contribution >= 0.6 is 11.3 Å². The zero-order valence-corrected chi connectivity index (χ0v) is 10.8. The zero-order valence-electron chi connectivity index (χ0n) is 10.0. The average molecular weight is 227 g/mol. The van der Waals surface area contributed by atoms with Crippen LogP contribution in [0.1, 0.15) is 18.9 Å². The number of nitrogens with zero attached hydrogens (tertiary/aromatic N) is 2. The minimum atomic E-state index is 0.588. The largest absolute Gasteiger partial charge is 0.309 e. The lowest BCUT2D eigenvalue weighted by atomic mass is 10.0. The van der Waals surface area contributed by atoms with Crippen molar-refractivity contribution in [2.75, 3.05) is 20.6 Å². The highest BCUT2D eigenvalue weighted by Gasteiger charge is 2.14. The van der Waals surface area contributed by atoms with Crippen LogP contribution in [0, 0.1) is 5.92 Å². The first-order valence-corrected chi connectivity index (χ1v) is 6.24. The fraction of sp³-hybridized carbons (Fsp3) is 0.727. The van der Waals surface area contributed by atoms with E-state index in [1.165, 1.54) is 0 Å². The normalized spacial score (nSPS) is 13.7. The molecule has 0 radical (unpaired) electrons. The number of thiazole rings is 1. The molecule has 0 saturated heterocycles. The van der Waals surface area contributed by atoms with Gasteiger partial charge in [0, 0.05) is 30.7 Å². The van der Waals surface area contributed by atoms with Crippen LogP contribution < -0.4 is 5.32 Å². The van der Waals surface area contributed by atoms with Gasteiger partial charge < -0.3 is 10.2 Å². The van der Waals surface area contributed by atoms with Crippen LogP contribution in [0.3, 0.4) is 0 Å². The Kier molecular flexibility index (Phi) is 5.22. The van der Waals surface area contributed by atoms with Gasteiger partial charge in [-0.25, -0.2) is 4.98 Å². The van der Waals surface area contributed by atoms with Crippen molar-refractivity contribution in [1.82, 2.24) is 15.2 Å². The monoisotopic (exact) mass is 227 g/mol. The molecule has 15 heavy (non-hydrogen) atoms. The van der Waals surface area contributed by atoms with Gasteiger partial charge in [0.1, 0.15) is 5.01 Å². The molecule has 0 bridgehead atoms. The van der Waals surface area contributed by atoms with Gasteiger partial charge in [-0.3, -0.25) is 0 Å². The zero-order chi connectivity index (χ0) is 11.3. The Balaban J connectivity index is 2.28. The molecule has 0 amide bonds. The van der Waals surface area contributed by atoms with E-state index < -0.39 is 0 Å². The van der Waals surface area contributed by atoms with Crippen molar-refractivity contribution in [3.05, 3.63) is 16.6 Å². The van der Waals surface area contributed by atoms with Gasteiger partial charge in [0.2, 0.25) is 0 Å². The van der Waals surface area contributed by atoms with Crippen molar-refractivity contribution in [2.45, 2.75) is 26.4 Å². The van der Waals surface area contributed by atoms with Gasteiger partial charge in [-0.1, -0.05) is 13.8 Å². The van der Waals surface area contributed by atoms with Gasteiger partial charge in [-0.2, -0.15) is 0 Å². The van der Waals surface area contributed by atoms with Gasteiger partial charge in [-0.05, 0) is 20.0 Å². The van der Waals surface area contributed by atoms with Gasteiger partial charge in [0.05, 0.1) is 0 Å². The lowest BCUT2D eigenvalue weighted by molar-refractivity contribution is 0.224. The van der Waals surface area contributed by atoms with E-state index in [1.54, 1.807) is 11.3 Å². The number of hydrogen-bond acceptors (Lipinski definition) is 4. The number of hydrogen-bond donors (Lipinski definition) is 1. The van der Waals surface area contributed by atoms with E-state index >= 15 is 0 Å². The second kappa shape index (κ2) is 6.20. The number of aromatic nitrogens is 1. The Hall–Kier alpha value is -0.450. The van der Waals surface area contributed by atoms with Crippen LogP contribution in [0.4, 0.5) is 0 Å². The van der Waals surface area contributed by atoms with E-state index in [9.17, 15) is 0 Å². The Bertz CT molecular complexity index is 249. The molecule has 0 aromatic carbocycles. The maximum Gasteiger partial charge on any atom is 0.106 e. The summed E-state index contributed by atoms with van der Waals surface area (Å²) in [5.74, 6) is 0.670. The molecule has 1 heterocycles. The third-order valence-corrected chi connectivity index (χ3v) is 3.33. The molecule has 1 aromatic heterocycles. The molecule has 0 aliphatic heterocycles. The van der Waals surface area contributed by atoms with Gasteiger partial charge in [-0.15, -0.1) is 11.3 Å². The first-order valence-electron chi connectivity index (χ1n) is 5.36. The van der Waals surface area contributed by atoms with Crippen LogP contribution in [-0.2, 0) is 6.54 Å². The first-order chi connectivity index (χ1) is 7.11. The van der Waals surface area contributed by atoms with Crippen LogP contribution in [0.2, 0.25) is 0 Å². The molecule has 1 rings (SSSR count). The van der Waals surface area contributed by atoms with E-state index in [0.717, 1.165) is 18.1 Å². The lowest BCUT2D eigenvalue weighted by Crippen LogP contribution is -2.41. The molecule has 0 aliphatic carbocycles. The minimum absolute atomic E-state index is 0.588. The first kappa shape index (κ1) is 12.6. The highest BCUT2D eigenvalue weighted by molar-refractivity contribution is 7.09. The van der Waals surface area contributed by atoms with Crippen LogP contribution in [0.15, 0.2) is 11.6 Å². The fourth-order valence-corrected chi connectivity index (χ4v) is 2.27. The Labute approximate surface area is 96.5 Å². The summed E-state index contributed by atoms with van der Waals surface area (Å²) in [5, 5.41) is 6.64. The van der Waals surface area contributed by atoms with Crippen molar-refractivity contribution in [1.29, 1.82) is 0 Å². The summed E-state index contributed by atoms with van der Waals surface area (Å²) in [6.07, 6.45) is 1.85. The molecular formula is C11H21N3S. The number of rotatable bonds is 6. The SMILES string of the molecule is CC(C)C(CNCc1nccs1)N(C)C. The molecule has 0 aliphatic rings. The molecule has 1 N–H and O–H groups in total. The summed E-state index contributed by atoms with van der Waals surface area (Å²) in [4.78, 5) is 6.52. The Morgan fingerprint density at radius 3 is 2.67 bits per heavy atom. The maximum atomic E-state index is 4.25. The molecule has 0 fully saturated rings. The van der Waals surface area contributed by atoms with Crippen molar-refractivity contribution in [2.24, 2.45) is 5.92 Å². The molecule has 3 nitrogen and oxygen atoms in total. The molecule has 0 spiro atoms. The van der Waals surface area contributed by atoms with E-state index in [4.69, 9.17) is 0 Å². The quantitative estimate of drug-likeness (QED) is 0.803. The van der Waals surface area contributed by atoms with E-state index in [1.807, 2.05) is 11.6 Å². The average Bonchev–Trinajstić information content (AvgIpc) is 2.63. The van der Waals surface area contributed by atoms with Crippen LogP contribution in [0.25, 0.3) is 0 Å². The minimum Gasteiger partial charge on any atom is -0.309 e. The van der Waals surface area contributed by atoms with Gasteiger partial charge >= 0.3 is 0 Å². The van der Waals surface area contributed by atoms with Gasteiger partial charge in [0.15, 0.2) is 0 Å². The summed E-state index contributed by atoms with van der Waals surface area (Å²) >= 11 is 1.70. The molecule has 0 saturated carbocycles. The maximum absolute atomic E-state index is 4.25. The summed E-state index contributed by atoms with van der Waals surface area (Å²) in [5.41, 5.74) is 0. The molecule has 86 valence electrons. The van der Waals surface area contributed by atoms with Crippen LogP contribution in [0.5, 0.6) is 0 Å². The molecule has 1 aromatic rings. The van der Waals surface area contributed by atoms with Crippen LogP contribution in [-0.4, -0.2) is 36.6 Å². The van der Waals surface area contributed by atoms with Crippen molar-refractivity contribution >= 4 is 11.3 Å². The van der Waals surface area contributed by atoms with E-state index in [0.29, 0.717) is 12.0 Å². The summed E-state index contributed by atoms with van der Waals surface area (Å²) in [6.45, 7) is 6.42. The predicted molar refractivity (Wildman–Crippen MR) is 66.1 cm³/mol. The second-order valence-corrected chi connectivity index (χ2v) is 5.31. The molecule has 4 heteroatoms.